The van der Waals surface area contributed by atoms with Crippen molar-refractivity contribution in [1.82, 2.24) is 14.3 Å². The van der Waals surface area contributed by atoms with Gasteiger partial charge < -0.3 is 15.3 Å². The predicted octanol–water partition coefficient (Wildman–Crippen LogP) is 1.75. The average Bonchev–Trinajstić information content (AvgIpc) is 2.73. The van der Waals surface area contributed by atoms with Crippen molar-refractivity contribution in [3.63, 3.8) is 0 Å². The van der Waals surface area contributed by atoms with Gasteiger partial charge in [-0.3, -0.25) is 0 Å². The summed E-state index contributed by atoms with van der Waals surface area (Å²) in [5.74, 6) is 1.44. The van der Waals surface area contributed by atoms with Crippen LogP contribution >= 0.6 is 11.6 Å². The molecule has 28 heavy (non-hydrogen) atoms. The highest BCUT2D eigenvalue weighted by Gasteiger charge is 2.26. The fourth-order valence-electron chi connectivity index (χ4n) is 3.00. The molecule has 152 valence electrons. The number of halogens is 1. The second-order valence-electron chi connectivity index (χ2n) is 6.50. The summed E-state index contributed by atoms with van der Waals surface area (Å²) in [6, 6.07) is 8.84. The Balaban J connectivity index is 1.58. The number of rotatable bonds is 7. The highest BCUT2D eigenvalue weighted by Crippen LogP contribution is 2.20. The molecule has 1 fully saturated rings. The van der Waals surface area contributed by atoms with Gasteiger partial charge in [-0.25, -0.2) is 18.4 Å². The maximum atomic E-state index is 12.0. The summed E-state index contributed by atoms with van der Waals surface area (Å²) in [6.07, 6.45) is 0.764. The molecule has 0 bridgehead atoms. The van der Waals surface area contributed by atoms with E-state index >= 15 is 0 Å². The highest BCUT2D eigenvalue weighted by molar-refractivity contribution is 7.89. The Bertz CT molecular complexity index is 886. The van der Waals surface area contributed by atoms with E-state index in [0.29, 0.717) is 43.6 Å². The number of nitrogens with zero attached hydrogens (tertiary/aromatic N) is 4. The summed E-state index contributed by atoms with van der Waals surface area (Å²) >= 11 is 5.87. The smallest absolute Gasteiger partial charge is 0.213 e. The quantitative estimate of drug-likeness (QED) is 0.697. The Morgan fingerprint density at radius 2 is 1.86 bits per heavy atom. The molecule has 1 atom stereocenters. The molecule has 1 aromatic carbocycles. The molecule has 0 aliphatic carbocycles. The molecule has 10 heteroatoms. The normalized spacial score (nSPS) is 16.8. The molecule has 1 unspecified atom stereocenters. The van der Waals surface area contributed by atoms with E-state index in [0.717, 1.165) is 11.4 Å². The summed E-state index contributed by atoms with van der Waals surface area (Å²) in [5, 5.41) is 14.0. The van der Waals surface area contributed by atoms with Gasteiger partial charge >= 0.3 is 0 Å². The lowest BCUT2D eigenvalue weighted by Crippen LogP contribution is -2.49. The van der Waals surface area contributed by atoms with Crippen molar-refractivity contribution in [1.29, 1.82) is 0 Å². The number of benzene rings is 1. The minimum atomic E-state index is -3.16. The van der Waals surface area contributed by atoms with Crippen LogP contribution in [0.2, 0.25) is 5.02 Å². The lowest BCUT2D eigenvalue weighted by Gasteiger charge is -2.34. The third-order valence-corrected chi connectivity index (χ3v) is 6.84. The summed E-state index contributed by atoms with van der Waals surface area (Å²) < 4.78 is 25.5. The van der Waals surface area contributed by atoms with E-state index in [1.54, 1.807) is 37.3 Å². The lowest BCUT2D eigenvalue weighted by molar-refractivity contribution is 0.191. The number of aliphatic hydroxyl groups is 1. The van der Waals surface area contributed by atoms with Gasteiger partial charge in [-0.15, -0.1) is 0 Å². The standard InChI is InChI=1S/C18H24ClN5O3S/c1-2-28(26,27)24-9-7-23(8-10-24)18-11-17(21-13-22-18)20-12-16(25)14-3-5-15(19)6-4-14/h3-6,11,13,16,25H,2,7-10,12H2,1H3,(H,20,21,22). The minimum Gasteiger partial charge on any atom is -0.387 e. The molecule has 8 nitrogen and oxygen atoms in total. The zero-order valence-electron chi connectivity index (χ0n) is 15.6. The van der Waals surface area contributed by atoms with Crippen molar-refractivity contribution >= 4 is 33.3 Å². The fraction of sp³-hybridized carbons (Fsp3) is 0.444. The first kappa shape index (κ1) is 20.8. The van der Waals surface area contributed by atoms with Crippen LogP contribution in [0, 0.1) is 0 Å². The van der Waals surface area contributed by atoms with Crippen LogP contribution < -0.4 is 10.2 Å². The summed E-state index contributed by atoms with van der Waals surface area (Å²) in [5.41, 5.74) is 0.763. The molecule has 2 heterocycles. The van der Waals surface area contributed by atoms with Gasteiger partial charge in [0, 0.05) is 43.8 Å². The molecule has 0 amide bonds. The number of nitrogens with one attached hydrogen (secondary N) is 1. The van der Waals surface area contributed by atoms with Gasteiger partial charge in [-0.05, 0) is 24.6 Å². The molecule has 1 aliphatic heterocycles. The van der Waals surface area contributed by atoms with Crippen molar-refractivity contribution < 1.29 is 13.5 Å². The third kappa shape index (κ3) is 5.11. The summed E-state index contributed by atoms with van der Waals surface area (Å²) in [4.78, 5) is 10.5. The molecule has 2 aromatic rings. The van der Waals surface area contributed by atoms with E-state index in [1.807, 2.05) is 4.90 Å². The first-order valence-electron chi connectivity index (χ1n) is 9.11. The monoisotopic (exact) mass is 425 g/mol. The number of piperazine rings is 1. The molecule has 3 rings (SSSR count). The molecule has 0 radical (unpaired) electrons. The van der Waals surface area contributed by atoms with Gasteiger partial charge in [0.1, 0.15) is 18.0 Å². The predicted molar refractivity (Wildman–Crippen MR) is 110 cm³/mol. The van der Waals surface area contributed by atoms with E-state index in [-0.39, 0.29) is 5.75 Å². The zero-order chi connectivity index (χ0) is 20.1. The van der Waals surface area contributed by atoms with Crippen molar-refractivity contribution in [2.45, 2.75) is 13.0 Å². The van der Waals surface area contributed by atoms with Crippen LogP contribution in [0.15, 0.2) is 36.7 Å². The van der Waals surface area contributed by atoms with Gasteiger partial charge in [0.15, 0.2) is 0 Å². The Hall–Kier alpha value is -1.94. The van der Waals surface area contributed by atoms with E-state index < -0.39 is 16.1 Å². The maximum Gasteiger partial charge on any atom is 0.213 e. The molecule has 1 saturated heterocycles. The lowest BCUT2D eigenvalue weighted by atomic mass is 10.1. The minimum absolute atomic E-state index is 0.116. The number of anilines is 2. The van der Waals surface area contributed by atoms with Gasteiger partial charge in [0.05, 0.1) is 11.9 Å². The first-order chi connectivity index (χ1) is 13.4. The van der Waals surface area contributed by atoms with E-state index in [2.05, 4.69) is 15.3 Å². The summed E-state index contributed by atoms with van der Waals surface area (Å²) in [7, 11) is -3.16. The molecule has 0 spiro atoms. The van der Waals surface area contributed by atoms with Crippen molar-refractivity contribution in [3.8, 4) is 0 Å². The molecule has 2 N–H and O–H groups in total. The van der Waals surface area contributed by atoms with Crippen molar-refractivity contribution in [3.05, 3.63) is 47.2 Å². The Morgan fingerprint density at radius 1 is 1.18 bits per heavy atom. The van der Waals surface area contributed by atoms with Crippen LogP contribution in [0.5, 0.6) is 0 Å². The second kappa shape index (κ2) is 9.04. The molecule has 1 aliphatic rings. The van der Waals surface area contributed by atoms with E-state index in [9.17, 15) is 13.5 Å². The van der Waals surface area contributed by atoms with Gasteiger partial charge in [-0.1, -0.05) is 23.7 Å². The number of hydrogen-bond acceptors (Lipinski definition) is 7. The number of sulfonamides is 1. The SMILES string of the molecule is CCS(=O)(=O)N1CCN(c2cc(NCC(O)c3ccc(Cl)cc3)ncn2)CC1. The number of hydrogen-bond donors (Lipinski definition) is 2. The third-order valence-electron chi connectivity index (χ3n) is 4.70. The van der Waals surface area contributed by atoms with Gasteiger partial charge in [-0.2, -0.15) is 4.31 Å². The summed E-state index contributed by atoms with van der Waals surface area (Å²) in [6.45, 7) is 3.98. The maximum absolute atomic E-state index is 12.0. The molecule has 0 saturated carbocycles. The van der Waals surface area contributed by atoms with Crippen molar-refractivity contribution in [2.75, 3.05) is 48.7 Å². The second-order valence-corrected chi connectivity index (χ2v) is 9.19. The van der Waals surface area contributed by atoms with E-state index in [4.69, 9.17) is 11.6 Å². The molecular formula is C18H24ClN5O3S. The topological polar surface area (TPSA) is 98.7 Å². The van der Waals surface area contributed by atoms with Gasteiger partial charge in [0.25, 0.3) is 0 Å². The van der Waals surface area contributed by atoms with Crippen LogP contribution in [-0.2, 0) is 10.0 Å². The highest BCUT2D eigenvalue weighted by atomic mass is 35.5. The molecular weight excluding hydrogens is 402 g/mol. The fourth-order valence-corrected chi connectivity index (χ4v) is 4.21. The zero-order valence-corrected chi connectivity index (χ0v) is 17.2. The Labute approximate surface area is 170 Å². The first-order valence-corrected chi connectivity index (χ1v) is 11.1. The number of aliphatic hydroxyl groups excluding tert-OH is 1. The largest absolute Gasteiger partial charge is 0.387 e. The average molecular weight is 426 g/mol. The Morgan fingerprint density at radius 3 is 2.50 bits per heavy atom. The Kier molecular flexibility index (Phi) is 6.71. The molecule has 1 aromatic heterocycles. The van der Waals surface area contributed by atoms with Crippen LogP contribution in [0.1, 0.15) is 18.6 Å². The van der Waals surface area contributed by atoms with Crippen LogP contribution in [0.3, 0.4) is 0 Å². The van der Waals surface area contributed by atoms with Crippen LogP contribution in [-0.4, -0.2) is 66.3 Å². The van der Waals surface area contributed by atoms with Crippen molar-refractivity contribution in [2.24, 2.45) is 0 Å². The van der Waals surface area contributed by atoms with Crippen LogP contribution in [0.25, 0.3) is 0 Å². The van der Waals surface area contributed by atoms with E-state index in [1.165, 1.54) is 10.6 Å². The van der Waals surface area contributed by atoms with Gasteiger partial charge in [0.2, 0.25) is 10.0 Å². The number of aromatic nitrogens is 2. The van der Waals surface area contributed by atoms with Crippen LogP contribution in [0.4, 0.5) is 11.6 Å².